The SMILES string of the molecule is CN(C)C(=O)C1CCCN1CCCNC(=O)c1cc2c(cc1O)CCCC2. The number of likely N-dealkylation sites (N-methyl/N-ethyl adjacent to an activating group) is 1. The molecule has 2 N–H and O–H groups in total. The van der Waals surface area contributed by atoms with Gasteiger partial charge in [0.1, 0.15) is 5.75 Å². The zero-order chi connectivity index (χ0) is 19.4. The number of benzene rings is 1. The van der Waals surface area contributed by atoms with Crippen LogP contribution in [-0.4, -0.2) is 66.5 Å². The van der Waals surface area contributed by atoms with Crippen LogP contribution in [0.3, 0.4) is 0 Å². The van der Waals surface area contributed by atoms with Crippen molar-refractivity contribution in [3.8, 4) is 5.75 Å². The highest BCUT2D eigenvalue weighted by Crippen LogP contribution is 2.28. The Morgan fingerprint density at radius 2 is 1.89 bits per heavy atom. The predicted octanol–water partition coefficient (Wildman–Crippen LogP) is 1.94. The molecule has 0 radical (unpaired) electrons. The largest absolute Gasteiger partial charge is 0.507 e. The van der Waals surface area contributed by atoms with E-state index in [-0.39, 0.29) is 23.6 Å². The number of nitrogens with zero attached hydrogens (tertiary/aromatic N) is 2. The first-order chi connectivity index (χ1) is 13.0. The smallest absolute Gasteiger partial charge is 0.255 e. The molecule has 1 atom stereocenters. The van der Waals surface area contributed by atoms with Crippen LogP contribution in [0.2, 0.25) is 0 Å². The lowest BCUT2D eigenvalue weighted by Crippen LogP contribution is -2.43. The average molecular weight is 373 g/mol. The summed E-state index contributed by atoms with van der Waals surface area (Å²) in [6.45, 7) is 2.26. The maximum atomic E-state index is 12.5. The lowest BCUT2D eigenvalue weighted by Gasteiger charge is -2.26. The normalized spacial score (nSPS) is 19.6. The molecule has 6 heteroatoms. The van der Waals surface area contributed by atoms with Crippen LogP contribution < -0.4 is 5.32 Å². The summed E-state index contributed by atoms with van der Waals surface area (Å²) < 4.78 is 0. The van der Waals surface area contributed by atoms with Gasteiger partial charge in [0.25, 0.3) is 5.91 Å². The Morgan fingerprint density at radius 3 is 2.59 bits per heavy atom. The van der Waals surface area contributed by atoms with Crippen molar-refractivity contribution in [2.24, 2.45) is 0 Å². The molecule has 0 saturated carbocycles. The van der Waals surface area contributed by atoms with Crippen LogP contribution in [0.15, 0.2) is 12.1 Å². The molecular weight excluding hydrogens is 342 g/mol. The maximum Gasteiger partial charge on any atom is 0.255 e. The number of hydrogen-bond donors (Lipinski definition) is 2. The van der Waals surface area contributed by atoms with Crippen LogP contribution in [0.25, 0.3) is 0 Å². The number of carbonyl (C=O) groups is 2. The van der Waals surface area contributed by atoms with E-state index in [0.29, 0.717) is 12.1 Å². The summed E-state index contributed by atoms with van der Waals surface area (Å²) in [6.07, 6.45) is 6.98. The Labute approximate surface area is 161 Å². The van der Waals surface area contributed by atoms with Gasteiger partial charge in [0.05, 0.1) is 11.6 Å². The second-order valence-electron chi connectivity index (χ2n) is 7.88. The van der Waals surface area contributed by atoms with Gasteiger partial charge in [0.15, 0.2) is 0 Å². The van der Waals surface area contributed by atoms with Crippen molar-refractivity contribution >= 4 is 11.8 Å². The van der Waals surface area contributed by atoms with Gasteiger partial charge in [-0.2, -0.15) is 0 Å². The first-order valence-electron chi connectivity index (χ1n) is 10.1. The van der Waals surface area contributed by atoms with Crippen molar-refractivity contribution in [3.63, 3.8) is 0 Å². The van der Waals surface area contributed by atoms with Gasteiger partial charge in [0.2, 0.25) is 5.91 Å². The summed E-state index contributed by atoms with van der Waals surface area (Å²) in [5.74, 6) is 0.0167. The van der Waals surface area contributed by atoms with Gasteiger partial charge < -0.3 is 15.3 Å². The summed E-state index contributed by atoms with van der Waals surface area (Å²) >= 11 is 0. The van der Waals surface area contributed by atoms with E-state index in [0.717, 1.165) is 58.0 Å². The fourth-order valence-electron chi connectivity index (χ4n) is 4.21. The van der Waals surface area contributed by atoms with E-state index in [9.17, 15) is 14.7 Å². The number of fused-ring (bicyclic) bond motifs is 1. The second kappa shape index (κ2) is 8.74. The number of phenols is 1. The highest BCUT2D eigenvalue weighted by molar-refractivity contribution is 5.97. The molecule has 0 bridgehead atoms. The van der Waals surface area contributed by atoms with Crippen molar-refractivity contribution in [2.45, 2.75) is 51.0 Å². The zero-order valence-electron chi connectivity index (χ0n) is 16.5. The third-order valence-electron chi connectivity index (χ3n) is 5.70. The number of aryl methyl sites for hydroxylation is 2. The van der Waals surface area contributed by atoms with Gasteiger partial charge in [0, 0.05) is 27.2 Å². The molecular formula is C21H31N3O3. The Kier molecular flexibility index (Phi) is 6.37. The van der Waals surface area contributed by atoms with E-state index in [1.165, 1.54) is 11.1 Å². The second-order valence-corrected chi connectivity index (χ2v) is 7.88. The molecule has 1 heterocycles. The molecule has 1 aliphatic carbocycles. The standard InChI is InChI=1S/C21H31N3O3/c1-23(2)21(27)18-9-5-11-24(18)12-6-10-22-20(26)17-13-15-7-3-4-8-16(15)14-19(17)25/h13-14,18,25H,3-12H2,1-2H3,(H,22,26). The Balaban J connectivity index is 1.49. The Hall–Kier alpha value is -2.08. The fourth-order valence-corrected chi connectivity index (χ4v) is 4.21. The maximum absolute atomic E-state index is 12.5. The van der Waals surface area contributed by atoms with E-state index in [2.05, 4.69) is 10.2 Å². The number of amides is 2. The van der Waals surface area contributed by atoms with Crippen LogP contribution in [0.1, 0.15) is 53.6 Å². The number of rotatable bonds is 6. The Bertz CT molecular complexity index is 702. The van der Waals surface area contributed by atoms with Crippen LogP contribution >= 0.6 is 0 Å². The number of carbonyl (C=O) groups excluding carboxylic acids is 2. The van der Waals surface area contributed by atoms with Crippen molar-refractivity contribution in [1.29, 1.82) is 0 Å². The molecule has 0 aromatic heterocycles. The van der Waals surface area contributed by atoms with Gasteiger partial charge >= 0.3 is 0 Å². The number of likely N-dealkylation sites (tertiary alicyclic amines) is 1. The molecule has 27 heavy (non-hydrogen) atoms. The fraction of sp³-hybridized carbons (Fsp3) is 0.619. The zero-order valence-corrected chi connectivity index (χ0v) is 16.5. The molecule has 1 unspecified atom stereocenters. The summed E-state index contributed by atoms with van der Waals surface area (Å²) in [4.78, 5) is 28.6. The molecule has 3 rings (SSSR count). The number of aromatic hydroxyl groups is 1. The number of nitrogens with one attached hydrogen (secondary N) is 1. The van der Waals surface area contributed by atoms with Crippen LogP contribution in [-0.2, 0) is 17.6 Å². The van der Waals surface area contributed by atoms with Gasteiger partial charge in [-0.1, -0.05) is 0 Å². The van der Waals surface area contributed by atoms with E-state index in [4.69, 9.17) is 0 Å². The van der Waals surface area contributed by atoms with E-state index in [1.54, 1.807) is 25.1 Å². The van der Waals surface area contributed by atoms with Crippen molar-refractivity contribution in [2.75, 3.05) is 33.7 Å². The summed E-state index contributed by atoms with van der Waals surface area (Å²) in [6, 6.07) is 3.58. The monoisotopic (exact) mass is 373 g/mol. The summed E-state index contributed by atoms with van der Waals surface area (Å²) in [7, 11) is 3.59. The van der Waals surface area contributed by atoms with E-state index in [1.807, 2.05) is 6.07 Å². The van der Waals surface area contributed by atoms with E-state index < -0.39 is 0 Å². The number of phenolic OH excluding ortho intramolecular Hbond substituents is 1. The van der Waals surface area contributed by atoms with Crippen LogP contribution in [0.5, 0.6) is 5.75 Å². The molecule has 1 aromatic carbocycles. The predicted molar refractivity (Wildman–Crippen MR) is 105 cm³/mol. The average Bonchev–Trinajstić information content (AvgIpc) is 3.12. The van der Waals surface area contributed by atoms with Gasteiger partial charge in [-0.25, -0.2) is 0 Å². The van der Waals surface area contributed by atoms with Crippen molar-refractivity contribution < 1.29 is 14.7 Å². The molecule has 0 spiro atoms. The quantitative estimate of drug-likeness (QED) is 0.748. The summed E-state index contributed by atoms with van der Waals surface area (Å²) in [5, 5.41) is 13.1. The van der Waals surface area contributed by atoms with Crippen LogP contribution in [0.4, 0.5) is 0 Å². The highest BCUT2D eigenvalue weighted by Gasteiger charge is 2.31. The van der Waals surface area contributed by atoms with Crippen molar-refractivity contribution in [1.82, 2.24) is 15.1 Å². The molecule has 2 aliphatic rings. The summed E-state index contributed by atoms with van der Waals surface area (Å²) in [5.41, 5.74) is 2.73. The molecule has 1 fully saturated rings. The molecule has 6 nitrogen and oxygen atoms in total. The Morgan fingerprint density at radius 1 is 1.19 bits per heavy atom. The first kappa shape index (κ1) is 19.7. The van der Waals surface area contributed by atoms with Gasteiger partial charge in [-0.05, 0) is 74.8 Å². The number of hydrogen-bond acceptors (Lipinski definition) is 4. The molecule has 1 aliphatic heterocycles. The topological polar surface area (TPSA) is 72.9 Å². The lowest BCUT2D eigenvalue weighted by atomic mass is 9.90. The van der Waals surface area contributed by atoms with Gasteiger partial charge in [-0.15, -0.1) is 0 Å². The molecule has 1 aromatic rings. The highest BCUT2D eigenvalue weighted by atomic mass is 16.3. The van der Waals surface area contributed by atoms with Crippen molar-refractivity contribution in [3.05, 3.63) is 28.8 Å². The minimum Gasteiger partial charge on any atom is -0.507 e. The minimum atomic E-state index is -0.219. The van der Waals surface area contributed by atoms with E-state index >= 15 is 0 Å². The molecule has 1 saturated heterocycles. The van der Waals surface area contributed by atoms with Crippen LogP contribution in [0, 0.1) is 0 Å². The minimum absolute atomic E-state index is 0.0274. The lowest BCUT2D eigenvalue weighted by molar-refractivity contribution is -0.133. The first-order valence-corrected chi connectivity index (χ1v) is 10.1. The van der Waals surface area contributed by atoms with Gasteiger partial charge in [-0.3, -0.25) is 14.5 Å². The molecule has 2 amide bonds. The molecule has 148 valence electrons. The third-order valence-corrected chi connectivity index (χ3v) is 5.70. The third kappa shape index (κ3) is 4.61.